The number of nitrogens with zero attached hydrogens (tertiary/aromatic N) is 1. The van der Waals surface area contributed by atoms with E-state index in [1.54, 1.807) is 12.1 Å². The molecule has 2 heterocycles. The van der Waals surface area contributed by atoms with Gasteiger partial charge in [0.25, 0.3) is 5.91 Å². The second-order valence-corrected chi connectivity index (χ2v) is 6.08. The van der Waals surface area contributed by atoms with Gasteiger partial charge in [0.05, 0.1) is 12.7 Å². The number of nitrogens with two attached hydrogens (primary N) is 1. The van der Waals surface area contributed by atoms with Crippen LogP contribution >= 0.6 is 11.8 Å². The molecular formula is C16H13F2N3O2S. The Morgan fingerprint density at radius 3 is 2.75 bits per heavy atom. The molecule has 124 valence electrons. The molecule has 3 rings (SSSR count). The smallest absolute Gasteiger partial charge is 0.265 e. The molecule has 2 aromatic rings. The topological polar surface area (TPSA) is 77.2 Å². The van der Waals surface area contributed by atoms with Crippen molar-refractivity contribution in [3.8, 4) is 5.75 Å². The number of thioether (sulfide) groups is 1. The molecule has 0 saturated carbocycles. The molecule has 0 aliphatic carbocycles. The fourth-order valence-electron chi connectivity index (χ4n) is 2.51. The van der Waals surface area contributed by atoms with E-state index in [1.807, 2.05) is 0 Å². The number of halogens is 2. The third kappa shape index (κ3) is 2.48. The van der Waals surface area contributed by atoms with Crippen molar-refractivity contribution < 1.29 is 18.3 Å². The van der Waals surface area contributed by atoms with E-state index in [1.165, 1.54) is 31.0 Å². The average Bonchev–Trinajstić information content (AvgIpc) is 3.02. The summed E-state index contributed by atoms with van der Waals surface area (Å²) in [5, 5.41) is 4.28. The summed E-state index contributed by atoms with van der Waals surface area (Å²) >= 11 is 1.03. The summed E-state index contributed by atoms with van der Waals surface area (Å²) in [4.78, 5) is 14.1. The van der Waals surface area contributed by atoms with Gasteiger partial charge in [0.1, 0.15) is 16.4 Å². The van der Waals surface area contributed by atoms with Crippen LogP contribution in [0.25, 0.3) is 0 Å². The lowest BCUT2D eigenvalue weighted by molar-refractivity contribution is -0.114. The number of methoxy groups -OCH3 is 1. The van der Waals surface area contributed by atoms with Crippen molar-refractivity contribution in [2.24, 2.45) is 5.73 Å². The number of aromatic nitrogens is 1. The molecule has 5 nitrogen and oxygen atoms in total. The first kappa shape index (κ1) is 16.3. The van der Waals surface area contributed by atoms with Gasteiger partial charge in [-0.3, -0.25) is 9.78 Å². The molecule has 1 unspecified atom stereocenters. The first-order valence-electron chi connectivity index (χ1n) is 6.88. The number of carbonyl (C=O) groups excluding carboxylic acids is 1. The standard InChI is InChI=1S/C16H13F2N3O2S/c1-23-12-5-4-10(17)13(14(12)18)16(9-3-2-6-20-7-9)21-11(8-24-16)15(19)22/h2-8,21H,1H3,(H2,19,22). The van der Waals surface area contributed by atoms with Crippen LogP contribution in [0.2, 0.25) is 0 Å². The van der Waals surface area contributed by atoms with Gasteiger partial charge in [-0.05, 0) is 18.2 Å². The van der Waals surface area contributed by atoms with Gasteiger partial charge in [-0.25, -0.2) is 8.78 Å². The molecule has 0 fully saturated rings. The van der Waals surface area contributed by atoms with Crippen molar-refractivity contribution in [1.82, 2.24) is 10.3 Å². The average molecular weight is 349 g/mol. The quantitative estimate of drug-likeness (QED) is 0.885. The highest BCUT2D eigenvalue weighted by atomic mass is 32.2. The molecule has 24 heavy (non-hydrogen) atoms. The van der Waals surface area contributed by atoms with Crippen molar-refractivity contribution in [3.05, 3.63) is 70.5 Å². The van der Waals surface area contributed by atoms with Gasteiger partial charge in [-0.15, -0.1) is 0 Å². The van der Waals surface area contributed by atoms with Crippen LogP contribution in [0.15, 0.2) is 47.8 Å². The molecule has 1 aromatic heterocycles. The number of carbonyl (C=O) groups is 1. The van der Waals surface area contributed by atoms with Crippen LogP contribution in [0.4, 0.5) is 8.78 Å². The monoisotopic (exact) mass is 349 g/mol. The van der Waals surface area contributed by atoms with Gasteiger partial charge in [-0.2, -0.15) is 0 Å². The second kappa shape index (κ2) is 6.12. The highest BCUT2D eigenvalue weighted by Gasteiger charge is 2.45. The molecule has 1 aromatic carbocycles. The van der Waals surface area contributed by atoms with Crippen molar-refractivity contribution in [3.63, 3.8) is 0 Å². The number of hydrogen-bond donors (Lipinski definition) is 2. The number of ether oxygens (including phenoxy) is 1. The number of benzene rings is 1. The van der Waals surface area contributed by atoms with Gasteiger partial charge >= 0.3 is 0 Å². The van der Waals surface area contributed by atoms with E-state index >= 15 is 0 Å². The highest BCUT2D eigenvalue weighted by Crippen LogP contribution is 2.48. The fraction of sp³-hybridized carbons (Fsp3) is 0.125. The molecule has 0 saturated heterocycles. The molecule has 8 heteroatoms. The van der Waals surface area contributed by atoms with Crippen molar-refractivity contribution >= 4 is 17.7 Å². The lowest BCUT2D eigenvalue weighted by Gasteiger charge is -2.31. The van der Waals surface area contributed by atoms with Gasteiger partial charge in [0.2, 0.25) is 0 Å². The Balaban J connectivity index is 2.24. The highest BCUT2D eigenvalue weighted by molar-refractivity contribution is 8.03. The zero-order chi connectivity index (χ0) is 17.3. The number of hydrogen-bond acceptors (Lipinski definition) is 5. The van der Waals surface area contributed by atoms with Crippen LogP contribution in [0.5, 0.6) is 5.75 Å². The molecular weight excluding hydrogens is 336 g/mol. The van der Waals surface area contributed by atoms with E-state index in [0.717, 1.165) is 17.8 Å². The SMILES string of the molecule is COc1ccc(F)c(C2(c3cccnc3)NC(C(N)=O)=CS2)c1F. The molecule has 3 N–H and O–H groups in total. The Kier molecular flexibility index (Phi) is 4.15. The predicted molar refractivity (Wildman–Crippen MR) is 85.9 cm³/mol. The van der Waals surface area contributed by atoms with Gasteiger partial charge < -0.3 is 15.8 Å². The number of primary amides is 1. The lowest BCUT2D eigenvalue weighted by atomic mass is 9.97. The van der Waals surface area contributed by atoms with E-state index in [2.05, 4.69) is 10.3 Å². The minimum absolute atomic E-state index is 0.0606. The summed E-state index contributed by atoms with van der Waals surface area (Å²) in [7, 11) is 1.29. The first-order chi connectivity index (χ1) is 11.5. The van der Waals surface area contributed by atoms with E-state index in [-0.39, 0.29) is 17.0 Å². The fourth-order valence-corrected chi connectivity index (χ4v) is 3.71. The molecule has 0 bridgehead atoms. The minimum atomic E-state index is -1.42. The second-order valence-electron chi connectivity index (χ2n) is 5.00. The molecule has 1 aliphatic rings. The Hall–Kier alpha value is -2.61. The molecule has 0 radical (unpaired) electrons. The lowest BCUT2D eigenvalue weighted by Crippen LogP contribution is -2.41. The number of pyridine rings is 1. The zero-order valence-electron chi connectivity index (χ0n) is 12.5. The van der Waals surface area contributed by atoms with Crippen LogP contribution < -0.4 is 15.8 Å². The third-order valence-corrected chi connectivity index (χ3v) is 4.87. The summed E-state index contributed by atoms with van der Waals surface area (Å²) < 4.78 is 34.4. The molecule has 1 aliphatic heterocycles. The van der Waals surface area contributed by atoms with Crippen molar-refractivity contribution in [2.45, 2.75) is 4.87 Å². The molecule has 0 spiro atoms. The Bertz CT molecular complexity index is 830. The van der Waals surface area contributed by atoms with E-state index < -0.39 is 22.4 Å². The Morgan fingerprint density at radius 2 is 2.17 bits per heavy atom. The summed E-state index contributed by atoms with van der Waals surface area (Å²) in [6, 6.07) is 5.60. The third-order valence-electron chi connectivity index (χ3n) is 3.63. The normalized spacial score (nSPS) is 19.5. The first-order valence-corrected chi connectivity index (χ1v) is 7.76. The summed E-state index contributed by atoms with van der Waals surface area (Å²) in [6.45, 7) is 0. The minimum Gasteiger partial charge on any atom is -0.494 e. The van der Waals surface area contributed by atoms with E-state index in [4.69, 9.17) is 10.5 Å². The predicted octanol–water partition coefficient (Wildman–Crippen LogP) is 2.23. The molecule has 1 amide bonds. The van der Waals surface area contributed by atoms with Crippen LogP contribution in [0.3, 0.4) is 0 Å². The van der Waals surface area contributed by atoms with Gasteiger partial charge in [-0.1, -0.05) is 17.8 Å². The van der Waals surface area contributed by atoms with Crippen LogP contribution in [-0.4, -0.2) is 18.0 Å². The van der Waals surface area contributed by atoms with Crippen LogP contribution in [-0.2, 0) is 9.67 Å². The van der Waals surface area contributed by atoms with E-state index in [0.29, 0.717) is 5.56 Å². The Labute approximate surface area is 140 Å². The van der Waals surface area contributed by atoms with Gasteiger partial charge in [0.15, 0.2) is 11.6 Å². The molecule has 1 atom stereocenters. The zero-order valence-corrected chi connectivity index (χ0v) is 13.4. The van der Waals surface area contributed by atoms with Crippen LogP contribution in [0, 0.1) is 11.6 Å². The maximum Gasteiger partial charge on any atom is 0.265 e. The van der Waals surface area contributed by atoms with Crippen LogP contribution in [0.1, 0.15) is 11.1 Å². The largest absolute Gasteiger partial charge is 0.494 e. The maximum atomic E-state index is 14.9. The summed E-state index contributed by atoms with van der Waals surface area (Å²) in [5.41, 5.74) is 5.54. The number of nitrogens with one attached hydrogen (secondary N) is 1. The number of amides is 1. The van der Waals surface area contributed by atoms with Crippen molar-refractivity contribution in [1.29, 1.82) is 0 Å². The van der Waals surface area contributed by atoms with E-state index in [9.17, 15) is 13.6 Å². The van der Waals surface area contributed by atoms with Crippen molar-refractivity contribution in [2.75, 3.05) is 7.11 Å². The summed E-state index contributed by atoms with van der Waals surface area (Å²) in [6.07, 6.45) is 3.01. The number of rotatable bonds is 4. The van der Waals surface area contributed by atoms with Gasteiger partial charge in [0, 0.05) is 23.4 Å². The maximum absolute atomic E-state index is 14.9. The Morgan fingerprint density at radius 1 is 1.38 bits per heavy atom. The summed E-state index contributed by atoms with van der Waals surface area (Å²) in [5.74, 6) is -2.47.